The smallest absolute Gasteiger partial charge is 0.306 e. The maximum absolute atomic E-state index is 12.9. The first-order valence-corrected chi connectivity index (χ1v) is 36.0. The van der Waals surface area contributed by atoms with Gasteiger partial charge in [-0.05, 0) is 135 Å². The van der Waals surface area contributed by atoms with E-state index >= 15 is 0 Å². The second-order valence-electron chi connectivity index (χ2n) is 23.4. The fourth-order valence-corrected chi connectivity index (χ4v) is 9.44. The van der Waals surface area contributed by atoms with Crippen molar-refractivity contribution in [2.45, 2.75) is 251 Å². The van der Waals surface area contributed by atoms with Gasteiger partial charge in [0, 0.05) is 12.8 Å². The summed E-state index contributed by atoms with van der Waals surface area (Å²) in [5.74, 6) is -0.874. The number of phosphoric ester groups is 1. The number of unbranched alkanes of at least 4 members (excludes halogenated alkanes) is 17. The number of carbonyl (C=O) groups excluding carboxylic acids is 2. The Bertz CT molecular complexity index is 2140. The van der Waals surface area contributed by atoms with Crippen LogP contribution in [0.2, 0.25) is 0 Å². The standard InChI is InChI=1S/C78H126NO8P/c1-6-8-10-12-14-16-18-20-22-24-26-28-30-31-32-33-34-35-36-37-38-39-40-41-42-43-44-45-46-47-49-51-53-55-57-59-61-63-65-67-69-71-78(81)87-76(75-86-88(82,83)85-73-72-79(3,4)5)74-84-77(80)70-68-66-64-62-60-58-56-54-52-50-48-29-27-25-23-21-19-17-15-13-11-9-7-2/h8-11,14-17,20-23,26-29,31-32,34-35,37-38,40-41,43-44,50,52,56,58,76H,6-7,12-13,18-19,24-25,30,33,36,39,42,45-49,51,53-55,57,59-75H2,1-5H3/b10-8-,11-9-,16-14-,17-15-,22-20-,23-21-,28-26-,29-27-,32-31-,35-34-,38-37-,41-40-,44-43-,52-50-,58-56-. The summed E-state index contributed by atoms with van der Waals surface area (Å²) in [6.07, 6.45) is 102. The van der Waals surface area contributed by atoms with E-state index in [-0.39, 0.29) is 26.1 Å². The highest BCUT2D eigenvalue weighted by Crippen LogP contribution is 2.38. The van der Waals surface area contributed by atoms with Crippen LogP contribution in [0, 0.1) is 0 Å². The molecule has 0 spiro atoms. The van der Waals surface area contributed by atoms with Crippen molar-refractivity contribution in [3.05, 3.63) is 182 Å². The Hall–Kier alpha value is -4.89. The van der Waals surface area contributed by atoms with Gasteiger partial charge < -0.3 is 27.9 Å². The van der Waals surface area contributed by atoms with Crippen LogP contribution in [0.15, 0.2) is 182 Å². The third-order valence-corrected chi connectivity index (χ3v) is 14.9. The van der Waals surface area contributed by atoms with E-state index in [2.05, 4.69) is 196 Å². The molecule has 0 aromatic rings. The van der Waals surface area contributed by atoms with E-state index in [0.29, 0.717) is 23.9 Å². The van der Waals surface area contributed by atoms with Crippen LogP contribution in [0.4, 0.5) is 0 Å². The number of rotatable bonds is 61. The maximum atomic E-state index is 12.9. The van der Waals surface area contributed by atoms with Gasteiger partial charge in [-0.15, -0.1) is 0 Å². The zero-order valence-electron chi connectivity index (χ0n) is 56.3. The Kier molecular flexibility index (Phi) is 62.8. The highest BCUT2D eigenvalue weighted by atomic mass is 31.2. The van der Waals surface area contributed by atoms with Gasteiger partial charge in [-0.2, -0.15) is 0 Å². The number of hydrogen-bond donors (Lipinski definition) is 0. The van der Waals surface area contributed by atoms with E-state index in [1.165, 1.54) is 64.2 Å². The Morgan fingerprint density at radius 1 is 0.352 bits per heavy atom. The molecule has 0 aliphatic heterocycles. The van der Waals surface area contributed by atoms with Crippen molar-refractivity contribution in [3.63, 3.8) is 0 Å². The molecule has 9 nitrogen and oxygen atoms in total. The summed E-state index contributed by atoms with van der Waals surface area (Å²) in [7, 11) is 1.13. The third kappa shape index (κ3) is 70.2. The lowest BCUT2D eigenvalue weighted by molar-refractivity contribution is -0.870. The van der Waals surface area contributed by atoms with Crippen LogP contribution in [0.25, 0.3) is 0 Å². The van der Waals surface area contributed by atoms with Gasteiger partial charge in [-0.1, -0.05) is 280 Å². The summed E-state index contributed by atoms with van der Waals surface area (Å²) >= 11 is 0. The molecule has 88 heavy (non-hydrogen) atoms. The number of hydrogen-bond acceptors (Lipinski definition) is 8. The maximum Gasteiger partial charge on any atom is 0.306 e. The van der Waals surface area contributed by atoms with Gasteiger partial charge in [0.2, 0.25) is 0 Å². The molecule has 0 aliphatic rings. The summed E-state index contributed by atoms with van der Waals surface area (Å²) in [5, 5.41) is 0. The van der Waals surface area contributed by atoms with Crippen molar-refractivity contribution in [1.82, 2.24) is 0 Å². The minimum absolute atomic E-state index is 0.0446. The highest BCUT2D eigenvalue weighted by molar-refractivity contribution is 7.45. The van der Waals surface area contributed by atoms with E-state index in [1.807, 2.05) is 21.1 Å². The lowest BCUT2D eigenvalue weighted by atomic mass is 10.0. The molecule has 0 heterocycles. The van der Waals surface area contributed by atoms with Crippen LogP contribution in [0.3, 0.4) is 0 Å². The van der Waals surface area contributed by atoms with Crippen LogP contribution in [0.5, 0.6) is 0 Å². The Balaban J connectivity index is 4.12. The largest absolute Gasteiger partial charge is 0.756 e. The van der Waals surface area contributed by atoms with E-state index in [0.717, 1.165) is 141 Å². The number of quaternary nitrogens is 1. The molecule has 0 radical (unpaired) electrons. The first-order chi connectivity index (χ1) is 43.0. The van der Waals surface area contributed by atoms with Crippen molar-refractivity contribution >= 4 is 19.8 Å². The molecule has 0 saturated heterocycles. The molecule has 0 aromatic carbocycles. The average molecular weight is 1240 g/mol. The molecule has 0 fully saturated rings. The van der Waals surface area contributed by atoms with Crippen LogP contribution in [0.1, 0.15) is 245 Å². The molecule has 0 bridgehead atoms. The summed E-state index contributed by atoms with van der Waals surface area (Å²) < 4.78 is 34.2. The minimum Gasteiger partial charge on any atom is -0.756 e. The van der Waals surface area contributed by atoms with Crippen LogP contribution in [-0.2, 0) is 32.7 Å². The SMILES string of the molecule is CC/C=C\C/C=C\C/C=C\C/C=C\C/C=C\C/C=C\C/C=C\C/C=C\C/C=C\CCCCCCCCCCCCCCCC(=O)OC(COC(=O)CCCCCC/C=C\C/C=C\C/C=C\C/C=C\C/C=C\C/C=C\CC)COP(=O)([O-])OCC[N+](C)(C)C. The summed E-state index contributed by atoms with van der Waals surface area (Å²) in [6.45, 7) is 3.96. The second-order valence-corrected chi connectivity index (χ2v) is 24.8. The second kappa shape index (κ2) is 66.5. The van der Waals surface area contributed by atoms with Gasteiger partial charge in [0.15, 0.2) is 6.10 Å². The van der Waals surface area contributed by atoms with Crippen molar-refractivity contribution in [2.24, 2.45) is 0 Å². The molecular formula is C78H126NO8P. The van der Waals surface area contributed by atoms with Crippen molar-refractivity contribution in [2.75, 3.05) is 47.5 Å². The monoisotopic (exact) mass is 1240 g/mol. The zero-order valence-corrected chi connectivity index (χ0v) is 57.2. The molecule has 2 unspecified atom stereocenters. The third-order valence-electron chi connectivity index (χ3n) is 13.9. The summed E-state index contributed by atoms with van der Waals surface area (Å²) in [5.41, 5.74) is 0. The first-order valence-electron chi connectivity index (χ1n) is 34.5. The number of nitrogens with zero attached hydrogens (tertiary/aromatic N) is 1. The van der Waals surface area contributed by atoms with Gasteiger partial charge in [0.25, 0.3) is 7.82 Å². The molecule has 0 amide bonds. The van der Waals surface area contributed by atoms with Crippen LogP contribution in [-0.4, -0.2) is 70.0 Å². The van der Waals surface area contributed by atoms with Crippen molar-refractivity contribution < 1.29 is 42.1 Å². The number of ether oxygens (including phenoxy) is 2. The van der Waals surface area contributed by atoms with Gasteiger partial charge in [-0.25, -0.2) is 0 Å². The van der Waals surface area contributed by atoms with Crippen LogP contribution < -0.4 is 4.89 Å². The normalized spacial score (nSPS) is 14.3. The van der Waals surface area contributed by atoms with E-state index in [9.17, 15) is 19.0 Å². The van der Waals surface area contributed by atoms with Crippen molar-refractivity contribution in [1.29, 1.82) is 0 Å². The highest BCUT2D eigenvalue weighted by Gasteiger charge is 2.22. The van der Waals surface area contributed by atoms with Gasteiger partial charge >= 0.3 is 11.9 Å². The van der Waals surface area contributed by atoms with Crippen molar-refractivity contribution in [3.8, 4) is 0 Å². The minimum atomic E-state index is -4.66. The molecule has 0 rings (SSSR count). The fraction of sp³-hybridized carbons (Fsp3) is 0.590. The van der Waals surface area contributed by atoms with E-state index in [4.69, 9.17) is 18.5 Å². The Morgan fingerprint density at radius 2 is 0.614 bits per heavy atom. The molecule has 0 aliphatic carbocycles. The molecule has 0 N–H and O–H groups in total. The number of esters is 2. The number of phosphoric acid groups is 1. The molecule has 496 valence electrons. The lowest BCUT2D eigenvalue weighted by Gasteiger charge is -2.28. The molecule has 0 aromatic heterocycles. The summed E-state index contributed by atoms with van der Waals surface area (Å²) in [4.78, 5) is 38.0. The quantitative estimate of drug-likeness (QED) is 0.0195. The molecule has 0 saturated carbocycles. The Labute approximate surface area is 540 Å². The average Bonchev–Trinajstić information content (AvgIpc) is 3.58. The predicted molar refractivity (Wildman–Crippen MR) is 378 cm³/mol. The van der Waals surface area contributed by atoms with Crippen LogP contribution >= 0.6 is 7.82 Å². The molecular weight excluding hydrogens is 1110 g/mol. The zero-order chi connectivity index (χ0) is 64.1. The number of allylic oxidation sites excluding steroid dienone is 30. The lowest BCUT2D eigenvalue weighted by Crippen LogP contribution is -2.37. The Morgan fingerprint density at radius 3 is 0.909 bits per heavy atom. The number of carbonyl (C=O) groups is 2. The van der Waals surface area contributed by atoms with Gasteiger partial charge in [-0.3, -0.25) is 14.2 Å². The van der Waals surface area contributed by atoms with Gasteiger partial charge in [0.1, 0.15) is 19.8 Å². The molecule has 2 atom stereocenters. The first kappa shape index (κ1) is 83.1. The topological polar surface area (TPSA) is 111 Å². The van der Waals surface area contributed by atoms with E-state index < -0.39 is 32.5 Å². The van der Waals surface area contributed by atoms with E-state index in [1.54, 1.807) is 0 Å². The predicted octanol–water partition coefficient (Wildman–Crippen LogP) is 22.1. The molecule has 10 heteroatoms. The van der Waals surface area contributed by atoms with Gasteiger partial charge in [0.05, 0.1) is 27.7 Å². The summed E-state index contributed by atoms with van der Waals surface area (Å²) in [6, 6.07) is 0. The number of likely N-dealkylation sites (N-methyl/N-ethyl adjacent to an activating group) is 1. The fourth-order valence-electron chi connectivity index (χ4n) is 8.71.